The van der Waals surface area contributed by atoms with Crippen molar-refractivity contribution in [3.63, 3.8) is 0 Å². The van der Waals surface area contributed by atoms with E-state index in [-0.39, 0.29) is 11.2 Å². The molecule has 0 aliphatic carbocycles. The second-order valence-corrected chi connectivity index (χ2v) is 4.55. The second kappa shape index (κ2) is 5.83. The van der Waals surface area contributed by atoms with Gasteiger partial charge in [-0.05, 0) is 37.9 Å². The summed E-state index contributed by atoms with van der Waals surface area (Å²) in [5.74, 6) is 0.506. The Balaban J connectivity index is 1.82. The largest absolute Gasteiger partial charge is 0.368 e. The summed E-state index contributed by atoms with van der Waals surface area (Å²) in [6.07, 6.45) is 0.894. The van der Waals surface area contributed by atoms with E-state index in [1.165, 1.54) is 0 Å². The summed E-state index contributed by atoms with van der Waals surface area (Å²) in [7, 11) is 0. The number of nitrogens with one attached hydrogen (secondary N) is 1. The van der Waals surface area contributed by atoms with Crippen LogP contribution in [0, 0.1) is 13.8 Å². The van der Waals surface area contributed by atoms with Crippen LogP contribution in [0.4, 0.5) is 11.9 Å². The van der Waals surface area contributed by atoms with Crippen LogP contribution < -0.4 is 11.1 Å². The number of nitrogens with two attached hydrogens (primary N) is 1. The summed E-state index contributed by atoms with van der Waals surface area (Å²) < 4.78 is 1.98. The summed E-state index contributed by atoms with van der Waals surface area (Å²) >= 11 is 5.69. The molecule has 0 radical (unpaired) electrons. The van der Waals surface area contributed by atoms with Crippen LogP contribution in [0.15, 0.2) is 6.07 Å². The zero-order chi connectivity index (χ0) is 13.8. The van der Waals surface area contributed by atoms with Crippen molar-refractivity contribution in [2.75, 3.05) is 17.6 Å². The van der Waals surface area contributed by atoms with Crippen molar-refractivity contribution in [3.8, 4) is 0 Å². The number of rotatable bonds is 5. The summed E-state index contributed by atoms with van der Waals surface area (Å²) in [4.78, 5) is 11.6. The highest BCUT2D eigenvalue weighted by molar-refractivity contribution is 6.28. The standard InChI is InChI=1S/C11H16ClN7/c1-7-6-8(2)19(18-7)5-3-4-14-11-16-9(12)15-10(13)17-11/h6H,3-5H2,1-2H3,(H3,13,14,15,16,17). The molecule has 0 fully saturated rings. The third-order valence-corrected chi connectivity index (χ3v) is 2.73. The van der Waals surface area contributed by atoms with Crippen molar-refractivity contribution in [2.24, 2.45) is 0 Å². The summed E-state index contributed by atoms with van der Waals surface area (Å²) in [6.45, 7) is 5.57. The van der Waals surface area contributed by atoms with Crippen LogP contribution in [0.2, 0.25) is 5.28 Å². The molecule has 0 amide bonds. The van der Waals surface area contributed by atoms with Gasteiger partial charge in [0, 0.05) is 18.8 Å². The minimum absolute atomic E-state index is 0.0912. The van der Waals surface area contributed by atoms with E-state index in [1.54, 1.807) is 0 Å². The fourth-order valence-corrected chi connectivity index (χ4v) is 1.94. The minimum atomic E-state index is 0.0912. The predicted octanol–water partition coefficient (Wildman–Crippen LogP) is 1.42. The highest BCUT2D eigenvalue weighted by atomic mass is 35.5. The third kappa shape index (κ3) is 3.78. The Bertz CT molecular complexity index is 546. The minimum Gasteiger partial charge on any atom is -0.368 e. The van der Waals surface area contributed by atoms with Gasteiger partial charge in [-0.3, -0.25) is 4.68 Å². The number of anilines is 2. The molecule has 2 aromatic heterocycles. The normalized spacial score (nSPS) is 10.7. The van der Waals surface area contributed by atoms with Crippen LogP contribution in [0.25, 0.3) is 0 Å². The maximum Gasteiger partial charge on any atom is 0.228 e. The van der Waals surface area contributed by atoms with E-state index in [2.05, 4.69) is 31.4 Å². The van der Waals surface area contributed by atoms with Crippen LogP contribution in [0.1, 0.15) is 17.8 Å². The Labute approximate surface area is 116 Å². The number of halogens is 1. The van der Waals surface area contributed by atoms with Crippen molar-refractivity contribution < 1.29 is 0 Å². The summed E-state index contributed by atoms with van der Waals surface area (Å²) in [6, 6.07) is 2.06. The van der Waals surface area contributed by atoms with Gasteiger partial charge < -0.3 is 11.1 Å². The molecule has 0 aromatic carbocycles. The van der Waals surface area contributed by atoms with Gasteiger partial charge in [-0.25, -0.2) is 0 Å². The number of aromatic nitrogens is 5. The lowest BCUT2D eigenvalue weighted by Crippen LogP contribution is -2.11. The first-order valence-corrected chi connectivity index (χ1v) is 6.34. The first-order chi connectivity index (χ1) is 9.04. The van der Waals surface area contributed by atoms with Crippen molar-refractivity contribution >= 4 is 23.5 Å². The van der Waals surface area contributed by atoms with Crippen LogP contribution in [0.3, 0.4) is 0 Å². The van der Waals surface area contributed by atoms with E-state index in [4.69, 9.17) is 17.3 Å². The van der Waals surface area contributed by atoms with E-state index < -0.39 is 0 Å². The third-order valence-electron chi connectivity index (χ3n) is 2.56. The average molecular weight is 282 g/mol. The van der Waals surface area contributed by atoms with Crippen molar-refractivity contribution in [3.05, 3.63) is 22.7 Å². The van der Waals surface area contributed by atoms with Gasteiger partial charge in [-0.2, -0.15) is 20.1 Å². The molecule has 2 rings (SSSR count). The molecule has 0 aliphatic heterocycles. The van der Waals surface area contributed by atoms with E-state index in [9.17, 15) is 0 Å². The number of aryl methyl sites for hydroxylation is 3. The lowest BCUT2D eigenvalue weighted by molar-refractivity contribution is 0.573. The van der Waals surface area contributed by atoms with E-state index in [0.717, 1.165) is 24.4 Å². The average Bonchev–Trinajstić information content (AvgIpc) is 2.62. The number of hydrogen-bond donors (Lipinski definition) is 2. The van der Waals surface area contributed by atoms with Crippen molar-refractivity contribution in [2.45, 2.75) is 26.8 Å². The van der Waals surface area contributed by atoms with Gasteiger partial charge in [0.1, 0.15) is 0 Å². The molecule has 0 unspecified atom stereocenters. The van der Waals surface area contributed by atoms with Gasteiger partial charge in [0.25, 0.3) is 0 Å². The fraction of sp³-hybridized carbons (Fsp3) is 0.455. The van der Waals surface area contributed by atoms with Gasteiger partial charge in [0.2, 0.25) is 17.2 Å². The van der Waals surface area contributed by atoms with Gasteiger partial charge in [-0.15, -0.1) is 0 Å². The van der Waals surface area contributed by atoms with Crippen molar-refractivity contribution in [1.82, 2.24) is 24.7 Å². The molecule has 2 heterocycles. The van der Waals surface area contributed by atoms with Crippen LogP contribution in [-0.4, -0.2) is 31.3 Å². The molecule has 3 N–H and O–H groups in total. The molecule has 7 nitrogen and oxygen atoms in total. The molecule has 0 spiro atoms. The first kappa shape index (κ1) is 13.5. The van der Waals surface area contributed by atoms with Gasteiger partial charge in [-0.1, -0.05) is 0 Å². The smallest absolute Gasteiger partial charge is 0.228 e. The fourth-order valence-electron chi connectivity index (χ4n) is 1.77. The molecule has 0 saturated carbocycles. The molecule has 102 valence electrons. The Kier molecular flexibility index (Phi) is 4.16. The topological polar surface area (TPSA) is 94.5 Å². The SMILES string of the molecule is Cc1cc(C)n(CCCNc2nc(N)nc(Cl)n2)n1. The maximum atomic E-state index is 5.69. The lowest BCUT2D eigenvalue weighted by atomic mass is 10.4. The van der Waals surface area contributed by atoms with Crippen LogP contribution in [-0.2, 0) is 6.54 Å². The zero-order valence-corrected chi connectivity index (χ0v) is 11.6. The molecular formula is C11H16ClN7. The summed E-state index contributed by atoms with van der Waals surface area (Å²) in [5.41, 5.74) is 7.66. The molecular weight excluding hydrogens is 266 g/mol. The number of hydrogen-bond acceptors (Lipinski definition) is 6. The quantitative estimate of drug-likeness (QED) is 0.805. The Morgan fingerprint density at radius 2 is 2.11 bits per heavy atom. The zero-order valence-electron chi connectivity index (χ0n) is 10.9. The second-order valence-electron chi connectivity index (χ2n) is 4.22. The van der Waals surface area contributed by atoms with E-state index >= 15 is 0 Å². The van der Waals surface area contributed by atoms with Gasteiger partial charge in [0.05, 0.1) is 5.69 Å². The highest BCUT2D eigenvalue weighted by Gasteiger charge is 2.03. The first-order valence-electron chi connectivity index (χ1n) is 5.96. The summed E-state index contributed by atoms with van der Waals surface area (Å²) in [5, 5.41) is 7.54. The Morgan fingerprint density at radius 1 is 1.32 bits per heavy atom. The molecule has 19 heavy (non-hydrogen) atoms. The highest BCUT2D eigenvalue weighted by Crippen LogP contribution is 2.07. The molecule has 0 bridgehead atoms. The van der Waals surface area contributed by atoms with Crippen LogP contribution in [0.5, 0.6) is 0 Å². The number of nitrogens with zero attached hydrogens (tertiary/aromatic N) is 5. The van der Waals surface area contributed by atoms with E-state index in [0.29, 0.717) is 12.5 Å². The lowest BCUT2D eigenvalue weighted by Gasteiger charge is -2.06. The molecule has 8 heteroatoms. The molecule has 0 saturated heterocycles. The number of nitrogen functional groups attached to an aromatic ring is 1. The molecule has 2 aromatic rings. The molecule has 0 aliphatic rings. The maximum absolute atomic E-state index is 5.69. The van der Waals surface area contributed by atoms with Crippen molar-refractivity contribution in [1.29, 1.82) is 0 Å². The molecule has 0 atom stereocenters. The monoisotopic (exact) mass is 281 g/mol. The Hall–Kier alpha value is -1.89. The predicted molar refractivity (Wildman–Crippen MR) is 74.1 cm³/mol. The van der Waals surface area contributed by atoms with Gasteiger partial charge in [0.15, 0.2) is 0 Å². The van der Waals surface area contributed by atoms with Crippen LogP contribution >= 0.6 is 11.6 Å². The Morgan fingerprint density at radius 3 is 2.74 bits per heavy atom. The van der Waals surface area contributed by atoms with Gasteiger partial charge >= 0.3 is 0 Å². The van der Waals surface area contributed by atoms with E-state index in [1.807, 2.05) is 18.5 Å².